The molecule has 35 heavy (non-hydrogen) atoms. The number of hydrogen-bond donors (Lipinski definition) is 1. The molecule has 3 fully saturated rings. The zero-order chi connectivity index (χ0) is 24.8. The molecule has 6 rings (SSSR count). The van der Waals surface area contributed by atoms with E-state index in [9.17, 15) is 4.79 Å². The molecule has 188 valence electrons. The molecule has 3 aliphatic heterocycles. The average molecular weight is 475 g/mol. The standard InChI is InChI=1S/C31H42N2O2/c1-6-31(7-2)19-24-18-23(21-8-11-25(12-9-21)30(3,4)5)10-13-26(24)28(31)32-29(34)35-27-20-33-16-14-22(27)15-17-33/h8-13,18,22,27-28H,6-7,14-17,19-20H2,1-5H3,(H,32,34)/t27-,28?/m1/s1. The quantitative estimate of drug-likeness (QED) is 0.514. The molecular weight excluding hydrogens is 432 g/mol. The molecule has 4 aliphatic rings. The van der Waals surface area contributed by atoms with Crippen molar-refractivity contribution in [2.75, 3.05) is 19.6 Å². The number of nitrogens with zero attached hydrogens (tertiary/aromatic N) is 1. The maximum atomic E-state index is 13.1. The molecular formula is C31H42N2O2. The molecule has 4 nitrogen and oxygen atoms in total. The van der Waals surface area contributed by atoms with Crippen molar-refractivity contribution in [2.24, 2.45) is 11.3 Å². The van der Waals surface area contributed by atoms with Gasteiger partial charge in [0.15, 0.2) is 0 Å². The molecule has 1 aliphatic carbocycles. The fourth-order valence-corrected chi connectivity index (χ4v) is 6.67. The number of carbonyl (C=O) groups excluding carboxylic acids is 1. The molecule has 4 heteroatoms. The second-order valence-corrected chi connectivity index (χ2v) is 12.1. The number of rotatable bonds is 5. The Labute approximate surface area is 211 Å². The number of fused-ring (bicyclic) bond motifs is 4. The summed E-state index contributed by atoms with van der Waals surface area (Å²) in [5.74, 6) is 0.524. The SMILES string of the molecule is CCC1(CC)Cc2cc(-c3ccc(C(C)(C)C)cc3)ccc2C1NC(=O)O[C@@H]1CN2CCC1CC2. The van der Waals surface area contributed by atoms with Crippen LogP contribution in [0.5, 0.6) is 0 Å². The Morgan fingerprint density at radius 3 is 2.26 bits per heavy atom. The lowest BCUT2D eigenvalue weighted by Crippen LogP contribution is -2.53. The lowest BCUT2D eigenvalue weighted by molar-refractivity contribution is -0.0353. The molecule has 2 aromatic carbocycles. The van der Waals surface area contributed by atoms with Gasteiger partial charge in [-0.15, -0.1) is 0 Å². The van der Waals surface area contributed by atoms with Gasteiger partial charge in [-0.2, -0.15) is 0 Å². The zero-order valence-corrected chi connectivity index (χ0v) is 22.2. The second-order valence-electron chi connectivity index (χ2n) is 12.1. The normalized spacial score (nSPS) is 26.9. The van der Waals surface area contributed by atoms with Crippen molar-refractivity contribution in [1.82, 2.24) is 10.2 Å². The molecule has 2 bridgehead atoms. The van der Waals surface area contributed by atoms with Gasteiger partial charge >= 0.3 is 6.09 Å². The Kier molecular flexibility index (Phi) is 6.46. The van der Waals surface area contributed by atoms with E-state index in [1.54, 1.807) is 0 Å². The topological polar surface area (TPSA) is 41.6 Å². The maximum Gasteiger partial charge on any atom is 0.407 e. The number of hydrogen-bond acceptors (Lipinski definition) is 3. The summed E-state index contributed by atoms with van der Waals surface area (Å²) >= 11 is 0. The first kappa shape index (κ1) is 24.4. The van der Waals surface area contributed by atoms with Crippen molar-refractivity contribution in [3.05, 3.63) is 59.2 Å². The first-order chi connectivity index (χ1) is 16.7. The highest BCUT2D eigenvalue weighted by molar-refractivity contribution is 5.70. The summed E-state index contributed by atoms with van der Waals surface area (Å²) in [6.07, 6.45) is 5.14. The van der Waals surface area contributed by atoms with Crippen LogP contribution in [0.2, 0.25) is 0 Å². The second kappa shape index (κ2) is 9.28. The summed E-state index contributed by atoms with van der Waals surface area (Å²) in [5, 5.41) is 3.34. The Balaban J connectivity index is 1.36. The maximum absolute atomic E-state index is 13.1. The van der Waals surface area contributed by atoms with E-state index in [0.29, 0.717) is 5.92 Å². The molecule has 2 aromatic rings. The number of piperidine rings is 3. The molecule has 0 spiro atoms. The molecule has 3 saturated heterocycles. The van der Waals surface area contributed by atoms with Gasteiger partial charge in [-0.3, -0.25) is 4.90 Å². The van der Waals surface area contributed by atoms with Crippen LogP contribution in [0.4, 0.5) is 4.79 Å². The van der Waals surface area contributed by atoms with Crippen LogP contribution in [0.1, 0.15) is 83.0 Å². The number of alkyl carbamates (subject to hydrolysis) is 1. The van der Waals surface area contributed by atoms with E-state index in [1.165, 1.54) is 27.8 Å². The van der Waals surface area contributed by atoms with Crippen molar-refractivity contribution in [2.45, 2.75) is 84.3 Å². The first-order valence-electron chi connectivity index (χ1n) is 13.7. The van der Waals surface area contributed by atoms with Crippen LogP contribution in [-0.4, -0.2) is 36.7 Å². The smallest absolute Gasteiger partial charge is 0.407 e. The Morgan fingerprint density at radius 2 is 1.69 bits per heavy atom. The van der Waals surface area contributed by atoms with E-state index < -0.39 is 0 Å². The highest BCUT2D eigenvalue weighted by Crippen LogP contribution is 2.51. The fourth-order valence-electron chi connectivity index (χ4n) is 6.67. The predicted molar refractivity (Wildman–Crippen MR) is 143 cm³/mol. The van der Waals surface area contributed by atoms with Crippen LogP contribution in [0.15, 0.2) is 42.5 Å². The molecule has 1 amide bonds. The van der Waals surface area contributed by atoms with Gasteiger partial charge in [-0.25, -0.2) is 4.79 Å². The molecule has 2 atom stereocenters. The number of ether oxygens (including phenoxy) is 1. The van der Waals surface area contributed by atoms with Crippen LogP contribution in [0.25, 0.3) is 11.1 Å². The van der Waals surface area contributed by atoms with Gasteiger partial charge in [0, 0.05) is 6.54 Å². The summed E-state index contributed by atoms with van der Waals surface area (Å²) in [6, 6.07) is 15.8. The third-order valence-corrected chi connectivity index (χ3v) is 9.22. The van der Waals surface area contributed by atoms with E-state index >= 15 is 0 Å². The van der Waals surface area contributed by atoms with E-state index in [0.717, 1.165) is 51.7 Å². The van der Waals surface area contributed by atoms with Gasteiger partial charge in [0.25, 0.3) is 0 Å². The van der Waals surface area contributed by atoms with Gasteiger partial charge in [-0.1, -0.05) is 77.1 Å². The third kappa shape index (κ3) is 4.62. The number of benzene rings is 2. The van der Waals surface area contributed by atoms with E-state index in [4.69, 9.17) is 4.74 Å². The Bertz CT molecular complexity index is 1060. The average Bonchev–Trinajstić information content (AvgIpc) is 3.17. The minimum absolute atomic E-state index is 0.00148. The number of nitrogens with one attached hydrogen (secondary N) is 1. The van der Waals surface area contributed by atoms with Gasteiger partial charge in [-0.05, 0) is 89.8 Å². The lowest BCUT2D eigenvalue weighted by atomic mass is 9.76. The van der Waals surface area contributed by atoms with Gasteiger partial charge in [0.2, 0.25) is 0 Å². The molecule has 0 radical (unpaired) electrons. The Hall–Kier alpha value is -2.33. The van der Waals surface area contributed by atoms with E-state index in [2.05, 4.69) is 87.3 Å². The van der Waals surface area contributed by atoms with Crippen LogP contribution in [0.3, 0.4) is 0 Å². The van der Waals surface area contributed by atoms with Crippen LogP contribution in [0, 0.1) is 11.3 Å². The van der Waals surface area contributed by atoms with Gasteiger partial charge in [0.05, 0.1) is 6.04 Å². The summed E-state index contributed by atoms with van der Waals surface area (Å²) in [6.45, 7) is 14.5. The molecule has 0 aromatic heterocycles. The summed E-state index contributed by atoms with van der Waals surface area (Å²) in [7, 11) is 0. The first-order valence-corrected chi connectivity index (χ1v) is 13.7. The highest BCUT2D eigenvalue weighted by Gasteiger charge is 2.45. The van der Waals surface area contributed by atoms with Crippen LogP contribution >= 0.6 is 0 Å². The number of amides is 1. The van der Waals surface area contributed by atoms with Crippen LogP contribution in [-0.2, 0) is 16.6 Å². The predicted octanol–water partition coefficient (Wildman–Crippen LogP) is 6.88. The number of carbonyl (C=O) groups is 1. The molecule has 3 heterocycles. The van der Waals surface area contributed by atoms with Crippen molar-refractivity contribution >= 4 is 6.09 Å². The monoisotopic (exact) mass is 474 g/mol. The minimum atomic E-state index is -0.241. The summed E-state index contributed by atoms with van der Waals surface area (Å²) < 4.78 is 6.02. The zero-order valence-electron chi connectivity index (χ0n) is 22.2. The van der Waals surface area contributed by atoms with E-state index in [1.807, 2.05) is 0 Å². The highest BCUT2D eigenvalue weighted by atomic mass is 16.6. The van der Waals surface area contributed by atoms with Crippen molar-refractivity contribution in [1.29, 1.82) is 0 Å². The largest absolute Gasteiger partial charge is 0.445 e. The third-order valence-electron chi connectivity index (χ3n) is 9.22. The van der Waals surface area contributed by atoms with Crippen LogP contribution < -0.4 is 5.32 Å². The van der Waals surface area contributed by atoms with Gasteiger partial charge < -0.3 is 10.1 Å². The summed E-state index contributed by atoms with van der Waals surface area (Å²) in [4.78, 5) is 15.6. The fraction of sp³-hybridized carbons (Fsp3) is 0.581. The van der Waals surface area contributed by atoms with Crippen molar-refractivity contribution in [3.8, 4) is 11.1 Å². The minimum Gasteiger partial charge on any atom is -0.445 e. The lowest BCUT2D eigenvalue weighted by Gasteiger charge is -2.44. The molecule has 1 N–H and O–H groups in total. The molecule has 0 saturated carbocycles. The Morgan fingerprint density at radius 1 is 1.03 bits per heavy atom. The van der Waals surface area contributed by atoms with Gasteiger partial charge in [0.1, 0.15) is 6.10 Å². The summed E-state index contributed by atoms with van der Waals surface area (Å²) in [5.41, 5.74) is 6.65. The van der Waals surface area contributed by atoms with Crippen molar-refractivity contribution < 1.29 is 9.53 Å². The molecule has 1 unspecified atom stereocenters. The van der Waals surface area contributed by atoms with Crippen molar-refractivity contribution in [3.63, 3.8) is 0 Å². The van der Waals surface area contributed by atoms with E-state index in [-0.39, 0.29) is 29.1 Å².